The first kappa shape index (κ1) is 14.0. The number of aromatic nitrogens is 2. The fourth-order valence-corrected chi connectivity index (χ4v) is 3.23. The maximum atomic E-state index is 12.1. The summed E-state index contributed by atoms with van der Waals surface area (Å²) >= 11 is 5.97. The van der Waals surface area contributed by atoms with Crippen molar-refractivity contribution in [1.82, 2.24) is 14.9 Å². The topological polar surface area (TPSA) is 74.8 Å². The van der Waals surface area contributed by atoms with E-state index >= 15 is 0 Å². The molecule has 0 unspecified atom stereocenters. The van der Waals surface area contributed by atoms with Crippen molar-refractivity contribution >= 4 is 21.6 Å². The molecule has 102 valence electrons. The standard InChI is InChI=1S/C12H14ClN3O2S/c1-8-3-4-12(11(13)5-8)19(17,18)15-7-10-6-14-16-9(10)2/h3-6,15H,7H2,1-2H3,(H,14,16). The zero-order valence-electron chi connectivity index (χ0n) is 10.6. The first-order valence-corrected chi connectivity index (χ1v) is 7.51. The van der Waals surface area contributed by atoms with Gasteiger partial charge >= 0.3 is 0 Å². The lowest BCUT2D eigenvalue weighted by Gasteiger charge is -2.08. The van der Waals surface area contributed by atoms with Crippen LogP contribution in [0.25, 0.3) is 0 Å². The maximum Gasteiger partial charge on any atom is 0.242 e. The minimum absolute atomic E-state index is 0.0842. The Labute approximate surface area is 117 Å². The van der Waals surface area contributed by atoms with Crippen LogP contribution < -0.4 is 4.72 Å². The molecule has 0 bridgehead atoms. The number of nitrogens with zero attached hydrogens (tertiary/aromatic N) is 1. The molecule has 5 nitrogen and oxygen atoms in total. The molecule has 1 heterocycles. The summed E-state index contributed by atoms with van der Waals surface area (Å²) < 4.78 is 26.8. The number of hydrogen-bond acceptors (Lipinski definition) is 3. The van der Waals surface area contributed by atoms with E-state index in [1.54, 1.807) is 18.3 Å². The van der Waals surface area contributed by atoms with Crippen molar-refractivity contribution in [2.24, 2.45) is 0 Å². The predicted molar refractivity (Wildman–Crippen MR) is 73.5 cm³/mol. The summed E-state index contributed by atoms with van der Waals surface area (Å²) in [6.07, 6.45) is 1.59. The Morgan fingerprint density at radius 3 is 2.68 bits per heavy atom. The third kappa shape index (κ3) is 3.15. The van der Waals surface area contributed by atoms with E-state index in [2.05, 4.69) is 14.9 Å². The quantitative estimate of drug-likeness (QED) is 0.908. The molecule has 0 aliphatic rings. The Morgan fingerprint density at radius 2 is 2.11 bits per heavy atom. The van der Waals surface area contributed by atoms with E-state index in [9.17, 15) is 8.42 Å². The summed E-state index contributed by atoms with van der Waals surface area (Å²) in [4.78, 5) is 0.0842. The molecule has 0 atom stereocenters. The van der Waals surface area contributed by atoms with E-state index in [-0.39, 0.29) is 16.5 Å². The van der Waals surface area contributed by atoms with Gasteiger partial charge in [-0.25, -0.2) is 13.1 Å². The Morgan fingerprint density at radius 1 is 1.37 bits per heavy atom. The normalized spacial score (nSPS) is 11.7. The van der Waals surface area contributed by atoms with Crippen LogP contribution in [0.2, 0.25) is 5.02 Å². The summed E-state index contributed by atoms with van der Waals surface area (Å²) in [5.74, 6) is 0. The summed E-state index contributed by atoms with van der Waals surface area (Å²) in [6.45, 7) is 3.86. The molecule has 1 aromatic carbocycles. The first-order valence-electron chi connectivity index (χ1n) is 5.65. The average molecular weight is 300 g/mol. The van der Waals surface area contributed by atoms with Crippen molar-refractivity contribution < 1.29 is 8.42 Å². The van der Waals surface area contributed by atoms with Gasteiger partial charge in [0.2, 0.25) is 10.0 Å². The second kappa shape index (κ2) is 5.32. The minimum atomic E-state index is -3.62. The van der Waals surface area contributed by atoms with E-state index in [0.29, 0.717) is 0 Å². The van der Waals surface area contributed by atoms with Gasteiger partial charge in [-0.15, -0.1) is 0 Å². The van der Waals surface area contributed by atoms with Crippen molar-refractivity contribution in [1.29, 1.82) is 0 Å². The van der Waals surface area contributed by atoms with Crippen LogP contribution in [0.15, 0.2) is 29.3 Å². The Balaban J connectivity index is 2.21. The van der Waals surface area contributed by atoms with Crippen LogP contribution in [-0.4, -0.2) is 18.6 Å². The zero-order valence-corrected chi connectivity index (χ0v) is 12.1. The smallest absolute Gasteiger partial charge is 0.242 e. The molecule has 0 aliphatic heterocycles. The van der Waals surface area contributed by atoms with Gasteiger partial charge in [0, 0.05) is 17.8 Å². The molecule has 0 spiro atoms. The largest absolute Gasteiger partial charge is 0.283 e. The lowest BCUT2D eigenvalue weighted by molar-refractivity contribution is 0.581. The van der Waals surface area contributed by atoms with Crippen LogP contribution in [0.3, 0.4) is 0 Å². The highest BCUT2D eigenvalue weighted by atomic mass is 35.5. The number of sulfonamides is 1. The molecule has 1 aromatic heterocycles. The van der Waals surface area contributed by atoms with Crippen molar-refractivity contribution in [3.63, 3.8) is 0 Å². The molecule has 0 aliphatic carbocycles. The highest BCUT2D eigenvalue weighted by Gasteiger charge is 2.18. The highest BCUT2D eigenvalue weighted by Crippen LogP contribution is 2.22. The van der Waals surface area contributed by atoms with E-state index in [0.717, 1.165) is 16.8 Å². The Kier molecular flexibility index (Phi) is 3.93. The summed E-state index contributed by atoms with van der Waals surface area (Å²) in [6, 6.07) is 4.84. The van der Waals surface area contributed by atoms with Gasteiger partial charge in [-0.1, -0.05) is 17.7 Å². The first-order chi connectivity index (χ1) is 8.90. The second-order valence-electron chi connectivity index (χ2n) is 4.28. The molecule has 0 saturated carbocycles. The Bertz CT molecular complexity index is 695. The Hall–Kier alpha value is -1.37. The van der Waals surface area contributed by atoms with Crippen LogP contribution in [-0.2, 0) is 16.6 Å². The molecular formula is C12H14ClN3O2S. The number of nitrogens with one attached hydrogen (secondary N) is 2. The minimum Gasteiger partial charge on any atom is -0.283 e. The monoisotopic (exact) mass is 299 g/mol. The molecule has 2 rings (SSSR count). The van der Waals surface area contributed by atoms with Gasteiger partial charge in [0.05, 0.1) is 11.2 Å². The number of benzene rings is 1. The van der Waals surface area contributed by atoms with Gasteiger partial charge in [-0.05, 0) is 31.5 Å². The zero-order chi connectivity index (χ0) is 14.0. The van der Waals surface area contributed by atoms with Crippen LogP contribution in [0, 0.1) is 13.8 Å². The third-order valence-corrected chi connectivity index (χ3v) is 4.65. The number of hydrogen-bond donors (Lipinski definition) is 2. The number of rotatable bonds is 4. The number of H-pyrrole nitrogens is 1. The number of halogens is 1. The summed E-state index contributed by atoms with van der Waals surface area (Å²) in [5.41, 5.74) is 2.54. The molecule has 0 radical (unpaired) electrons. The van der Waals surface area contributed by atoms with Crippen molar-refractivity contribution in [2.45, 2.75) is 25.3 Å². The lowest BCUT2D eigenvalue weighted by atomic mass is 10.2. The van der Waals surface area contributed by atoms with E-state index in [4.69, 9.17) is 11.6 Å². The maximum absolute atomic E-state index is 12.1. The van der Waals surface area contributed by atoms with E-state index < -0.39 is 10.0 Å². The van der Waals surface area contributed by atoms with Gasteiger partial charge in [-0.2, -0.15) is 5.10 Å². The van der Waals surface area contributed by atoms with Crippen molar-refractivity contribution in [3.05, 3.63) is 46.2 Å². The van der Waals surface area contributed by atoms with Crippen molar-refractivity contribution in [2.75, 3.05) is 0 Å². The van der Waals surface area contributed by atoms with Crippen LogP contribution in [0.4, 0.5) is 0 Å². The summed E-state index contributed by atoms with van der Waals surface area (Å²) in [7, 11) is -3.62. The molecule has 2 aromatic rings. The molecule has 0 fully saturated rings. The lowest BCUT2D eigenvalue weighted by Crippen LogP contribution is -2.23. The molecule has 7 heteroatoms. The van der Waals surface area contributed by atoms with E-state index in [1.807, 2.05) is 13.8 Å². The van der Waals surface area contributed by atoms with Crippen LogP contribution >= 0.6 is 11.6 Å². The summed E-state index contributed by atoms with van der Waals surface area (Å²) in [5, 5.41) is 6.81. The molecule has 2 N–H and O–H groups in total. The van der Waals surface area contributed by atoms with Gasteiger partial charge in [0.25, 0.3) is 0 Å². The van der Waals surface area contributed by atoms with Gasteiger partial charge in [-0.3, -0.25) is 5.10 Å². The fourth-order valence-electron chi connectivity index (χ4n) is 1.63. The number of aryl methyl sites for hydroxylation is 2. The average Bonchev–Trinajstić information content (AvgIpc) is 2.72. The SMILES string of the molecule is Cc1ccc(S(=O)(=O)NCc2cn[nH]c2C)c(Cl)c1. The van der Waals surface area contributed by atoms with Gasteiger partial charge in [0.15, 0.2) is 0 Å². The van der Waals surface area contributed by atoms with Crippen molar-refractivity contribution in [3.8, 4) is 0 Å². The molecule has 0 amide bonds. The van der Waals surface area contributed by atoms with Crippen LogP contribution in [0.5, 0.6) is 0 Å². The highest BCUT2D eigenvalue weighted by molar-refractivity contribution is 7.89. The van der Waals surface area contributed by atoms with E-state index in [1.165, 1.54) is 6.07 Å². The molecular weight excluding hydrogens is 286 g/mol. The second-order valence-corrected chi connectivity index (χ2v) is 6.42. The predicted octanol–water partition coefficient (Wildman–Crippen LogP) is 2.16. The molecule has 19 heavy (non-hydrogen) atoms. The van der Waals surface area contributed by atoms with Gasteiger partial charge < -0.3 is 0 Å². The van der Waals surface area contributed by atoms with Gasteiger partial charge in [0.1, 0.15) is 4.90 Å². The molecule has 0 saturated heterocycles. The third-order valence-electron chi connectivity index (χ3n) is 2.76. The number of aromatic amines is 1. The van der Waals surface area contributed by atoms with Crippen LogP contribution in [0.1, 0.15) is 16.8 Å². The fraction of sp³-hybridized carbons (Fsp3) is 0.250.